The normalized spacial score (nSPS) is 10.2. The molecule has 0 saturated heterocycles. The molecule has 0 fully saturated rings. The molecule has 5 nitrogen and oxygen atoms in total. The van der Waals surface area contributed by atoms with Crippen molar-refractivity contribution >= 4 is 35.0 Å². The number of benzene rings is 2. The van der Waals surface area contributed by atoms with Gasteiger partial charge in [0.05, 0.1) is 17.2 Å². The van der Waals surface area contributed by atoms with E-state index >= 15 is 0 Å². The van der Waals surface area contributed by atoms with Gasteiger partial charge in [-0.1, -0.05) is 35.3 Å². The van der Waals surface area contributed by atoms with Crippen molar-refractivity contribution in [2.24, 2.45) is 0 Å². The molecule has 0 bridgehead atoms. The van der Waals surface area contributed by atoms with Gasteiger partial charge in [0.1, 0.15) is 12.4 Å². The summed E-state index contributed by atoms with van der Waals surface area (Å²) in [6.07, 6.45) is 0. The molecule has 0 aromatic heterocycles. The van der Waals surface area contributed by atoms with E-state index in [1.54, 1.807) is 19.2 Å². The molecule has 2 aromatic carbocycles. The third-order valence-corrected chi connectivity index (χ3v) is 3.53. The largest absolute Gasteiger partial charge is 0.497 e. The number of ketones is 1. The minimum Gasteiger partial charge on any atom is -0.497 e. The van der Waals surface area contributed by atoms with E-state index in [1.165, 1.54) is 12.1 Å². The van der Waals surface area contributed by atoms with Crippen LogP contribution in [0.25, 0.3) is 0 Å². The van der Waals surface area contributed by atoms with Crippen LogP contribution in [-0.2, 0) is 11.4 Å². The van der Waals surface area contributed by atoms with E-state index in [0.717, 1.165) is 5.56 Å². The zero-order valence-corrected chi connectivity index (χ0v) is 13.5. The summed E-state index contributed by atoms with van der Waals surface area (Å²) in [5.41, 5.74) is 0.725. The Morgan fingerprint density at radius 2 is 1.78 bits per heavy atom. The Kier molecular flexibility index (Phi) is 5.47. The summed E-state index contributed by atoms with van der Waals surface area (Å²) < 4.78 is 10.7. The van der Waals surface area contributed by atoms with E-state index in [1.807, 2.05) is 12.1 Å². The first kappa shape index (κ1) is 17.1. The molecular weight excluding hydrogens is 343 g/mol. The standard InChI is InChI=1S/C16H12Cl2O5/c1-22-11-4-2-3-9(5-11)8-23-15-12(17)6-10(7-13(15)18)14(19)16(20)21/h2-7H,8H2,1H3,(H,20,21). The van der Waals surface area contributed by atoms with Crippen LogP contribution < -0.4 is 9.47 Å². The number of hydrogen-bond donors (Lipinski definition) is 1. The number of carboxylic acids is 1. The van der Waals surface area contributed by atoms with E-state index in [4.69, 9.17) is 37.8 Å². The molecule has 7 heteroatoms. The van der Waals surface area contributed by atoms with Crippen LogP contribution in [0.4, 0.5) is 0 Å². The Labute approximate surface area is 142 Å². The lowest BCUT2D eigenvalue weighted by Crippen LogP contribution is -2.12. The molecule has 0 aliphatic rings. The van der Waals surface area contributed by atoms with Crippen molar-refractivity contribution in [1.29, 1.82) is 0 Å². The summed E-state index contributed by atoms with van der Waals surface area (Å²) >= 11 is 12.1. The van der Waals surface area contributed by atoms with Crippen molar-refractivity contribution in [3.63, 3.8) is 0 Å². The molecule has 0 radical (unpaired) electrons. The van der Waals surface area contributed by atoms with Crippen LogP contribution in [0.1, 0.15) is 15.9 Å². The van der Waals surface area contributed by atoms with Crippen LogP contribution in [0.2, 0.25) is 10.0 Å². The summed E-state index contributed by atoms with van der Waals surface area (Å²) in [4.78, 5) is 22.1. The van der Waals surface area contributed by atoms with Gasteiger partial charge in [-0.3, -0.25) is 4.79 Å². The number of carboxylic acid groups (broad SMARTS) is 1. The minimum atomic E-state index is -1.58. The maximum Gasteiger partial charge on any atom is 0.377 e. The predicted octanol–water partition coefficient (Wildman–Crippen LogP) is 3.85. The van der Waals surface area contributed by atoms with Gasteiger partial charge in [0.15, 0.2) is 5.75 Å². The maximum absolute atomic E-state index is 11.4. The van der Waals surface area contributed by atoms with Gasteiger partial charge in [-0.25, -0.2) is 4.79 Å². The predicted molar refractivity (Wildman–Crippen MR) is 85.8 cm³/mol. The number of hydrogen-bond acceptors (Lipinski definition) is 4. The van der Waals surface area contributed by atoms with Crippen LogP contribution in [-0.4, -0.2) is 24.0 Å². The number of methoxy groups -OCH3 is 1. The van der Waals surface area contributed by atoms with Gasteiger partial charge in [-0.05, 0) is 29.8 Å². The second kappa shape index (κ2) is 7.35. The smallest absolute Gasteiger partial charge is 0.377 e. The molecule has 0 unspecified atom stereocenters. The summed E-state index contributed by atoms with van der Waals surface area (Å²) in [6, 6.07) is 9.68. The topological polar surface area (TPSA) is 72.8 Å². The highest BCUT2D eigenvalue weighted by Gasteiger charge is 2.19. The van der Waals surface area contributed by atoms with Gasteiger partial charge < -0.3 is 14.6 Å². The van der Waals surface area contributed by atoms with Gasteiger partial charge in [-0.2, -0.15) is 0 Å². The summed E-state index contributed by atoms with van der Waals surface area (Å²) in [5, 5.41) is 8.83. The van der Waals surface area contributed by atoms with Crippen molar-refractivity contribution in [3.05, 3.63) is 57.6 Å². The minimum absolute atomic E-state index is 0.0602. The molecule has 0 saturated carbocycles. The van der Waals surface area contributed by atoms with Crippen molar-refractivity contribution < 1.29 is 24.2 Å². The highest BCUT2D eigenvalue weighted by Crippen LogP contribution is 2.35. The fourth-order valence-corrected chi connectivity index (χ4v) is 2.47. The summed E-state index contributed by atoms with van der Waals surface area (Å²) in [6.45, 7) is 0.183. The quantitative estimate of drug-likeness (QED) is 0.630. The first-order valence-corrected chi connectivity index (χ1v) is 7.20. The molecule has 23 heavy (non-hydrogen) atoms. The first-order valence-electron chi connectivity index (χ1n) is 6.44. The molecule has 0 heterocycles. The molecule has 0 atom stereocenters. The molecule has 0 spiro atoms. The molecule has 0 aliphatic carbocycles. The molecule has 120 valence electrons. The lowest BCUT2D eigenvalue weighted by molar-refractivity contribution is -0.131. The Balaban J connectivity index is 2.20. The van der Waals surface area contributed by atoms with Crippen LogP contribution in [0.5, 0.6) is 11.5 Å². The van der Waals surface area contributed by atoms with Crippen LogP contribution >= 0.6 is 23.2 Å². The number of carbonyl (C=O) groups excluding carboxylic acids is 1. The number of rotatable bonds is 6. The lowest BCUT2D eigenvalue weighted by Gasteiger charge is -2.11. The number of aliphatic carboxylic acids is 1. The molecular formula is C16H12Cl2O5. The van der Waals surface area contributed by atoms with Crippen molar-refractivity contribution in [2.75, 3.05) is 7.11 Å². The Morgan fingerprint density at radius 1 is 1.13 bits per heavy atom. The number of carbonyl (C=O) groups is 2. The SMILES string of the molecule is COc1cccc(COc2c(Cl)cc(C(=O)C(=O)O)cc2Cl)c1. The second-order valence-electron chi connectivity index (χ2n) is 4.54. The third kappa shape index (κ3) is 4.15. The van der Waals surface area contributed by atoms with Crippen molar-refractivity contribution in [3.8, 4) is 11.5 Å². The van der Waals surface area contributed by atoms with Crippen LogP contribution in [0, 0.1) is 0 Å². The molecule has 1 N–H and O–H groups in total. The van der Waals surface area contributed by atoms with E-state index in [0.29, 0.717) is 5.75 Å². The Hall–Kier alpha value is -2.24. The number of halogens is 2. The van der Waals surface area contributed by atoms with Gasteiger partial charge in [-0.15, -0.1) is 0 Å². The third-order valence-electron chi connectivity index (χ3n) is 2.97. The van der Waals surface area contributed by atoms with Gasteiger partial charge >= 0.3 is 5.97 Å². The monoisotopic (exact) mass is 354 g/mol. The summed E-state index contributed by atoms with van der Waals surface area (Å²) in [5.74, 6) is -1.81. The van der Waals surface area contributed by atoms with Gasteiger partial charge in [0.25, 0.3) is 5.78 Å². The van der Waals surface area contributed by atoms with E-state index in [-0.39, 0.29) is 28.0 Å². The van der Waals surface area contributed by atoms with E-state index in [9.17, 15) is 9.59 Å². The van der Waals surface area contributed by atoms with Crippen molar-refractivity contribution in [2.45, 2.75) is 6.61 Å². The Bertz CT molecular complexity index is 735. The van der Waals surface area contributed by atoms with Gasteiger partial charge in [0.2, 0.25) is 0 Å². The molecule has 2 aromatic rings. The molecule has 0 aliphatic heterocycles. The number of ether oxygens (including phenoxy) is 2. The van der Waals surface area contributed by atoms with E-state index in [2.05, 4.69) is 0 Å². The van der Waals surface area contributed by atoms with Crippen LogP contribution in [0.3, 0.4) is 0 Å². The van der Waals surface area contributed by atoms with Gasteiger partial charge in [0, 0.05) is 5.56 Å². The van der Waals surface area contributed by atoms with E-state index < -0.39 is 11.8 Å². The zero-order valence-electron chi connectivity index (χ0n) is 12.0. The zero-order chi connectivity index (χ0) is 17.0. The first-order chi connectivity index (χ1) is 10.9. The Morgan fingerprint density at radius 3 is 2.35 bits per heavy atom. The molecule has 2 rings (SSSR count). The number of Topliss-reactive ketones (excluding diaryl/α,β-unsaturated/α-hetero) is 1. The fourth-order valence-electron chi connectivity index (χ4n) is 1.87. The maximum atomic E-state index is 11.4. The van der Waals surface area contributed by atoms with Crippen molar-refractivity contribution in [1.82, 2.24) is 0 Å². The average Bonchev–Trinajstić information content (AvgIpc) is 2.53. The van der Waals surface area contributed by atoms with Crippen LogP contribution in [0.15, 0.2) is 36.4 Å². The highest BCUT2D eigenvalue weighted by molar-refractivity contribution is 6.42. The second-order valence-corrected chi connectivity index (χ2v) is 5.36. The fraction of sp³-hybridized carbons (Fsp3) is 0.125. The average molecular weight is 355 g/mol. The lowest BCUT2D eigenvalue weighted by atomic mass is 10.1. The molecule has 0 amide bonds. The highest BCUT2D eigenvalue weighted by atomic mass is 35.5. The summed E-state index contributed by atoms with van der Waals surface area (Å²) in [7, 11) is 1.56.